The SMILES string of the molecule is COC(=O)NN=C(/C=C/c1ccccc1)/C=C/c1ccccc1. The Kier molecular flexibility index (Phi) is 6.35. The summed E-state index contributed by atoms with van der Waals surface area (Å²) in [5.41, 5.74) is 5.02. The fourth-order valence-corrected chi connectivity index (χ4v) is 1.78. The maximum Gasteiger partial charge on any atom is 0.427 e. The first-order valence-corrected chi connectivity index (χ1v) is 7.16. The van der Waals surface area contributed by atoms with Crippen LogP contribution in [0.15, 0.2) is 77.9 Å². The van der Waals surface area contributed by atoms with Crippen LogP contribution in [-0.2, 0) is 4.74 Å². The van der Waals surface area contributed by atoms with E-state index in [2.05, 4.69) is 15.3 Å². The van der Waals surface area contributed by atoms with Crippen molar-refractivity contribution in [2.45, 2.75) is 0 Å². The van der Waals surface area contributed by atoms with Gasteiger partial charge in [0, 0.05) is 0 Å². The predicted octanol–water partition coefficient (Wildman–Crippen LogP) is 4.13. The highest BCUT2D eigenvalue weighted by Crippen LogP contribution is 2.04. The molecule has 2 rings (SSSR count). The molecule has 4 nitrogen and oxygen atoms in total. The molecule has 2 aromatic carbocycles. The standard InChI is InChI=1S/C19H18N2O2/c1-23-19(22)21-20-18(14-12-16-8-4-2-5-9-16)15-13-17-10-6-3-7-11-17/h2-15H,1H3,(H,21,22)/b14-12+,15-13+. The molecule has 0 saturated heterocycles. The fourth-order valence-electron chi connectivity index (χ4n) is 1.78. The van der Waals surface area contributed by atoms with E-state index in [0.717, 1.165) is 11.1 Å². The van der Waals surface area contributed by atoms with Crippen LogP contribution in [0.1, 0.15) is 11.1 Å². The Balaban J connectivity index is 2.16. The summed E-state index contributed by atoms with van der Waals surface area (Å²) in [5, 5.41) is 4.04. The molecule has 0 heterocycles. The maximum atomic E-state index is 11.2. The summed E-state index contributed by atoms with van der Waals surface area (Å²) >= 11 is 0. The summed E-state index contributed by atoms with van der Waals surface area (Å²) in [7, 11) is 1.30. The Morgan fingerprint density at radius 1 is 0.913 bits per heavy atom. The Morgan fingerprint density at radius 3 is 1.83 bits per heavy atom. The van der Waals surface area contributed by atoms with Gasteiger partial charge in [-0.3, -0.25) is 0 Å². The van der Waals surface area contributed by atoms with Gasteiger partial charge in [0.05, 0.1) is 12.8 Å². The Labute approximate surface area is 135 Å². The van der Waals surface area contributed by atoms with Crippen LogP contribution >= 0.6 is 0 Å². The van der Waals surface area contributed by atoms with Crippen molar-refractivity contribution >= 4 is 24.0 Å². The zero-order valence-electron chi connectivity index (χ0n) is 12.8. The minimum absolute atomic E-state index is 0.600. The van der Waals surface area contributed by atoms with Gasteiger partial charge in [-0.25, -0.2) is 10.2 Å². The molecule has 0 aliphatic heterocycles. The number of benzene rings is 2. The van der Waals surface area contributed by atoms with E-state index in [4.69, 9.17) is 0 Å². The molecule has 0 saturated carbocycles. The number of hydrogen-bond acceptors (Lipinski definition) is 3. The van der Waals surface area contributed by atoms with Crippen molar-refractivity contribution in [1.82, 2.24) is 5.43 Å². The summed E-state index contributed by atoms with van der Waals surface area (Å²) in [6, 6.07) is 19.7. The molecule has 0 aliphatic carbocycles. The van der Waals surface area contributed by atoms with Crippen molar-refractivity contribution < 1.29 is 9.53 Å². The van der Waals surface area contributed by atoms with Gasteiger partial charge in [0.1, 0.15) is 0 Å². The smallest absolute Gasteiger partial charge is 0.427 e. The van der Waals surface area contributed by atoms with Crippen molar-refractivity contribution in [3.8, 4) is 0 Å². The molecule has 0 aliphatic rings. The average Bonchev–Trinajstić information content (AvgIpc) is 2.62. The van der Waals surface area contributed by atoms with Crippen molar-refractivity contribution in [3.05, 3.63) is 83.9 Å². The minimum Gasteiger partial charge on any atom is -0.452 e. The highest BCUT2D eigenvalue weighted by atomic mass is 16.5. The van der Waals surface area contributed by atoms with Crippen molar-refractivity contribution in [2.75, 3.05) is 7.11 Å². The summed E-state index contributed by atoms with van der Waals surface area (Å²) in [6.07, 6.45) is 6.89. The molecule has 0 aromatic heterocycles. The quantitative estimate of drug-likeness (QED) is 0.667. The molecule has 0 bridgehead atoms. The van der Waals surface area contributed by atoms with Crippen LogP contribution in [0.2, 0.25) is 0 Å². The van der Waals surface area contributed by atoms with Gasteiger partial charge in [-0.15, -0.1) is 0 Å². The lowest BCUT2D eigenvalue weighted by molar-refractivity contribution is 0.171. The zero-order chi connectivity index (χ0) is 16.3. The fraction of sp³-hybridized carbons (Fsp3) is 0.0526. The molecular weight excluding hydrogens is 288 g/mol. The second-order valence-electron chi connectivity index (χ2n) is 4.63. The second kappa shape index (κ2) is 9.00. The maximum absolute atomic E-state index is 11.2. The minimum atomic E-state index is -0.608. The first kappa shape index (κ1) is 16.2. The summed E-state index contributed by atoms with van der Waals surface area (Å²) < 4.78 is 4.52. The lowest BCUT2D eigenvalue weighted by atomic mass is 10.1. The van der Waals surface area contributed by atoms with Crippen LogP contribution in [0.5, 0.6) is 0 Å². The summed E-state index contributed by atoms with van der Waals surface area (Å²) in [6.45, 7) is 0. The molecular formula is C19H18N2O2. The Bertz CT molecular complexity index is 653. The number of carbonyl (C=O) groups excluding carboxylic acids is 1. The second-order valence-corrected chi connectivity index (χ2v) is 4.63. The van der Waals surface area contributed by atoms with E-state index in [1.165, 1.54) is 7.11 Å². The van der Waals surface area contributed by atoms with Crippen molar-refractivity contribution in [1.29, 1.82) is 0 Å². The molecule has 0 fully saturated rings. The van der Waals surface area contributed by atoms with Crippen LogP contribution < -0.4 is 5.43 Å². The highest BCUT2D eigenvalue weighted by molar-refractivity contribution is 6.08. The lowest BCUT2D eigenvalue weighted by Gasteiger charge is -1.99. The van der Waals surface area contributed by atoms with E-state index in [-0.39, 0.29) is 0 Å². The first-order valence-electron chi connectivity index (χ1n) is 7.16. The van der Waals surface area contributed by atoms with Gasteiger partial charge in [-0.05, 0) is 23.3 Å². The number of nitrogens with one attached hydrogen (secondary N) is 1. The van der Waals surface area contributed by atoms with Gasteiger partial charge in [0.2, 0.25) is 0 Å². The van der Waals surface area contributed by atoms with E-state index >= 15 is 0 Å². The monoisotopic (exact) mass is 306 g/mol. The van der Waals surface area contributed by atoms with E-state index in [9.17, 15) is 4.79 Å². The first-order chi connectivity index (χ1) is 11.3. The van der Waals surface area contributed by atoms with Gasteiger partial charge >= 0.3 is 6.09 Å². The molecule has 0 unspecified atom stereocenters. The van der Waals surface area contributed by atoms with Crippen LogP contribution in [0, 0.1) is 0 Å². The Morgan fingerprint density at radius 2 is 1.39 bits per heavy atom. The third-order valence-electron chi connectivity index (χ3n) is 2.95. The van der Waals surface area contributed by atoms with E-state index in [0.29, 0.717) is 5.71 Å². The van der Waals surface area contributed by atoms with Gasteiger partial charge in [-0.1, -0.05) is 72.8 Å². The number of hydrazone groups is 1. The number of allylic oxidation sites excluding steroid dienone is 2. The van der Waals surface area contributed by atoms with E-state index in [1.807, 2.05) is 85.0 Å². The number of methoxy groups -OCH3 is 1. The lowest BCUT2D eigenvalue weighted by Crippen LogP contribution is -2.18. The number of rotatable bonds is 5. The molecule has 23 heavy (non-hydrogen) atoms. The molecule has 1 amide bonds. The van der Waals surface area contributed by atoms with Crippen molar-refractivity contribution in [2.24, 2.45) is 5.10 Å². The van der Waals surface area contributed by atoms with Gasteiger partial charge in [-0.2, -0.15) is 5.10 Å². The highest BCUT2D eigenvalue weighted by Gasteiger charge is 1.96. The molecule has 0 atom stereocenters. The predicted molar refractivity (Wildman–Crippen MR) is 93.9 cm³/mol. The zero-order valence-corrected chi connectivity index (χ0v) is 12.8. The average molecular weight is 306 g/mol. The molecule has 116 valence electrons. The number of carbonyl (C=O) groups is 1. The molecule has 0 spiro atoms. The molecule has 0 radical (unpaired) electrons. The number of ether oxygens (including phenoxy) is 1. The molecule has 4 heteroatoms. The topological polar surface area (TPSA) is 50.7 Å². The number of nitrogens with zero attached hydrogens (tertiary/aromatic N) is 1. The van der Waals surface area contributed by atoms with Gasteiger partial charge < -0.3 is 4.74 Å². The van der Waals surface area contributed by atoms with Crippen LogP contribution in [0.3, 0.4) is 0 Å². The van der Waals surface area contributed by atoms with E-state index < -0.39 is 6.09 Å². The third-order valence-corrected chi connectivity index (χ3v) is 2.95. The van der Waals surface area contributed by atoms with Crippen LogP contribution in [0.25, 0.3) is 12.2 Å². The number of hydrogen-bond donors (Lipinski definition) is 1. The van der Waals surface area contributed by atoms with Gasteiger partial charge in [0.25, 0.3) is 0 Å². The van der Waals surface area contributed by atoms with Gasteiger partial charge in [0.15, 0.2) is 0 Å². The Hall–Kier alpha value is -3.14. The van der Waals surface area contributed by atoms with Crippen LogP contribution in [0.4, 0.5) is 4.79 Å². The van der Waals surface area contributed by atoms with Crippen molar-refractivity contribution in [3.63, 3.8) is 0 Å². The number of amides is 1. The van der Waals surface area contributed by atoms with Crippen LogP contribution in [-0.4, -0.2) is 18.9 Å². The molecule has 2 aromatic rings. The summed E-state index contributed by atoms with van der Waals surface area (Å²) in [5.74, 6) is 0. The molecule has 1 N–H and O–H groups in total. The van der Waals surface area contributed by atoms with E-state index in [1.54, 1.807) is 0 Å². The third kappa shape index (κ3) is 6.01. The summed E-state index contributed by atoms with van der Waals surface area (Å²) in [4.78, 5) is 11.2. The normalized spacial score (nSPS) is 10.7. The largest absolute Gasteiger partial charge is 0.452 e.